The Bertz CT molecular complexity index is 656. The maximum atomic E-state index is 12.4. The summed E-state index contributed by atoms with van der Waals surface area (Å²) in [5, 5.41) is 0. The number of halogens is 3. The highest BCUT2D eigenvalue weighted by Crippen LogP contribution is 2.35. The van der Waals surface area contributed by atoms with Gasteiger partial charge in [0.2, 0.25) is 0 Å². The van der Waals surface area contributed by atoms with E-state index in [1.165, 1.54) is 17.7 Å². The lowest BCUT2D eigenvalue weighted by molar-refractivity contribution is -0.133. The van der Waals surface area contributed by atoms with Gasteiger partial charge in [-0.1, -0.05) is 6.08 Å². The van der Waals surface area contributed by atoms with E-state index in [-0.39, 0.29) is 6.42 Å². The highest BCUT2D eigenvalue weighted by atomic mass is 32.1. The average molecular weight is 300 g/mol. The third-order valence-corrected chi connectivity index (χ3v) is 4.59. The molecule has 2 aromatic heterocycles. The number of aryl methyl sites for hydroxylation is 2. The van der Waals surface area contributed by atoms with Gasteiger partial charge in [-0.05, 0) is 38.3 Å². The first-order valence-electron chi connectivity index (χ1n) is 6.26. The Hall–Kier alpha value is -1.43. The van der Waals surface area contributed by atoms with Crippen LogP contribution in [0.2, 0.25) is 0 Å². The third-order valence-electron chi connectivity index (χ3n) is 3.24. The van der Waals surface area contributed by atoms with Crippen LogP contribution in [0, 0.1) is 6.92 Å². The summed E-state index contributed by atoms with van der Waals surface area (Å²) in [5.41, 5.74) is 3.41. The second-order valence-corrected chi connectivity index (χ2v) is 5.74. The molecule has 2 heterocycles. The van der Waals surface area contributed by atoms with Crippen molar-refractivity contribution in [1.82, 2.24) is 9.97 Å². The van der Waals surface area contributed by atoms with Crippen molar-refractivity contribution in [3.05, 3.63) is 28.5 Å². The van der Waals surface area contributed by atoms with Gasteiger partial charge in [0, 0.05) is 11.3 Å². The first-order valence-corrected chi connectivity index (χ1v) is 7.08. The first-order chi connectivity index (χ1) is 9.33. The molecule has 0 radical (unpaired) electrons. The van der Waals surface area contributed by atoms with Crippen LogP contribution in [0.3, 0.4) is 0 Å². The molecule has 0 aromatic carbocycles. The SMILES string of the molecule is C/C=C(\C)c1ncnc2c(C)c(CCC(F)(F)F)sc12. The molecule has 0 aliphatic heterocycles. The second-order valence-electron chi connectivity index (χ2n) is 4.64. The maximum Gasteiger partial charge on any atom is 0.389 e. The Balaban J connectivity index is 2.47. The van der Waals surface area contributed by atoms with Crippen molar-refractivity contribution in [1.29, 1.82) is 0 Å². The van der Waals surface area contributed by atoms with Gasteiger partial charge in [0.05, 0.1) is 15.9 Å². The van der Waals surface area contributed by atoms with Crippen LogP contribution in [0.15, 0.2) is 12.4 Å². The number of nitrogens with zero attached hydrogens (tertiary/aromatic N) is 2. The van der Waals surface area contributed by atoms with Gasteiger partial charge in [-0.3, -0.25) is 0 Å². The minimum Gasteiger partial charge on any atom is -0.235 e. The van der Waals surface area contributed by atoms with Crippen molar-refractivity contribution in [2.75, 3.05) is 0 Å². The molecule has 0 aliphatic carbocycles. The lowest BCUT2D eigenvalue weighted by Gasteiger charge is -2.04. The minimum atomic E-state index is -4.13. The van der Waals surface area contributed by atoms with Crippen LogP contribution in [0.25, 0.3) is 15.8 Å². The highest BCUT2D eigenvalue weighted by Gasteiger charge is 2.27. The normalized spacial score (nSPS) is 13.2. The molecule has 2 nitrogen and oxygen atoms in total. The van der Waals surface area contributed by atoms with Gasteiger partial charge in [0.25, 0.3) is 0 Å². The summed E-state index contributed by atoms with van der Waals surface area (Å²) in [6.07, 6.45) is -1.52. The average Bonchev–Trinajstić information content (AvgIpc) is 2.72. The van der Waals surface area contributed by atoms with Gasteiger partial charge in [-0.2, -0.15) is 13.2 Å². The molecule has 20 heavy (non-hydrogen) atoms. The molecule has 0 amide bonds. The summed E-state index contributed by atoms with van der Waals surface area (Å²) in [7, 11) is 0. The number of hydrogen-bond donors (Lipinski definition) is 0. The predicted octanol–water partition coefficient (Wildman–Crippen LogP) is 4.92. The molecule has 0 atom stereocenters. The molecule has 0 N–H and O–H groups in total. The van der Waals surface area contributed by atoms with E-state index >= 15 is 0 Å². The van der Waals surface area contributed by atoms with Crippen molar-refractivity contribution in [3.63, 3.8) is 0 Å². The van der Waals surface area contributed by atoms with Crippen LogP contribution in [-0.4, -0.2) is 16.1 Å². The monoisotopic (exact) mass is 300 g/mol. The van der Waals surface area contributed by atoms with Gasteiger partial charge >= 0.3 is 6.18 Å². The largest absolute Gasteiger partial charge is 0.389 e. The van der Waals surface area contributed by atoms with Gasteiger partial charge in [0.1, 0.15) is 6.33 Å². The molecule has 6 heteroatoms. The minimum absolute atomic E-state index is 0.00465. The van der Waals surface area contributed by atoms with Gasteiger partial charge in [-0.25, -0.2) is 9.97 Å². The van der Waals surface area contributed by atoms with E-state index in [9.17, 15) is 13.2 Å². The lowest BCUT2D eigenvalue weighted by atomic mass is 10.1. The molecular formula is C14H15F3N2S. The lowest BCUT2D eigenvalue weighted by Crippen LogP contribution is -2.08. The van der Waals surface area contributed by atoms with Crippen molar-refractivity contribution in [2.45, 2.75) is 39.8 Å². The fourth-order valence-electron chi connectivity index (χ4n) is 1.98. The summed E-state index contributed by atoms with van der Waals surface area (Å²) in [4.78, 5) is 9.20. The summed E-state index contributed by atoms with van der Waals surface area (Å²) in [6, 6.07) is 0. The molecule has 0 spiro atoms. The molecule has 108 valence electrons. The van der Waals surface area contributed by atoms with Crippen molar-refractivity contribution >= 4 is 27.1 Å². The number of allylic oxidation sites excluding steroid dienone is 2. The van der Waals surface area contributed by atoms with E-state index < -0.39 is 12.6 Å². The molecule has 0 bridgehead atoms. The summed E-state index contributed by atoms with van der Waals surface area (Å²) >= 11 is 1.37. The summed E-state index contributed by atoms with van der Waals surface area (Å²) in [6.45, 7) is 5.67. The molecule has 2 rings (SSSR count). The van der Waals surface area contributed by atoms with Crippen LogP contribution in [0.5, 0.6) is 0 Å². The molecular weight excluding hydrogens is 285 g/mol. The Morgan fingerprint density at radius 3 is 2.65 bits per heavy atom. The van der Waals surface area contributed by atoms with Crippen molar-refractivity contribution in [2.24, 2.45) is 0 Å². The highest BCUT2D eigenvalue weighted by molar-refractivity contribution is 7.19. The Kier molecular flexibility index (Phi) is 4.13. The Labute approximate surface area is 119 Å². The fourth-order valence-corrected chi connectivity index (χ4v) is 3.29. The molecule has 0 aliphatic rings. The number of hydrogen-bond acceptors (Lipinski definition) is 3. The zero-order chi connectivity index (χ0) is 14.9. The number of rotatable bonds is 3. The van der Waals surface area contributed by atoms with Crippen LogP contribution in [0.1, 0.15) is 36.4 Å². The van der Waals surface area contributed by atoms with Crippen molar-refractivity contribution in [3.8, 4) is 0 Å². The number of fused-ring (bicyclic) bond motifs is 1. The van der Waals surface area contributed by atoms with Crippen LogP contribution in [0.4, 0.5) is 13.2 Å². The van der Waals surface area contributed by atoms with E-state index in [2.05, 4.69) is 9.97 Å². The van der Waals surface area contributed by atoms with Gasteiger partial charge in [0.15, 0.2) is 0 Å². The second kappa shape index (κ2) is 5.52. The third kappa shape index (κ3) is 3.00. The van der Waals surface area contributed by atoms with E-state index in [0.29, 0.717) is 0 Å². The van der Waals surface area contributed by atoms with E-state index in [1.807, 2.05) is 26.8 Å². The predicted molar refractivity (Wildman–Crippen MR) is 75.9 cm³/mol. The molecule has 0 saturated heterocycles. The van der Waals surface area contributed by atoms with E-state index in [1.54, 1.807) is 0 Å². The Morgan fingerprint density at radius 1 is 1.35 bits per heavy atom. The standard InChI is InChI=1S/C14H15F3N2S/c1-4-8(2)11-13-12(19-7-18-11)9(3)10(20-13)5-6-14(15,16)17/h4,7H,5-6H2,1-3H3/b8-4+. The van der Waals surface area contributed by atoms with E-state index in [0.717, 1.165) is 31.9 Å². The van der Waals surface area contributed by atoms with Crippen LogP contribution in [-0.2, 0) is 6.42 Å². The Morgan fingerprint density at radius 2 is 2.05 bits per heavy atom. The summed E-state index contributed by atoms with van der Waals surface area (Å²) in [5.74, 6) is 0. The maximum absolute atomic E-state index is 12.4. The smallest absolute Gasteiger partial charge is 0.235 e. The van der Waals surface area contributed by atoms with Crippen LogP contribution >= 0.6 is 11.3 Å². The van der Waals surface area contributed by atoms with Gasteiger partial charge in [-0.15, -0.1) is 11.3 Å². The van der Waals surface area contributed by atoms with Crippen molar-refractivity contribution < 1.29 is 13.2 Å². The van der Waals surface area contributed by atoms with Crippen LogP contribution < -0.4 is 0 Å². The molecule has 0 saturated carbocycles. The fraction of sp³-hybridized carbons (Fsp3) is 0.429. The molecule has 0 unspecified atom stereocenters. The number of thiophene rings is 1. The van der Waals surface area contributed by atoms with Gasteiger partial charge < -0.3 is 0 Å². The quantitative estimate of drug-likeness (QED) is 0.804. The zero-order valence-corrected chi connectivity index (χ0v) is 12.3. The topological polar surface area (TPSA) is 25.8 Å². The molecule has 0 fully saturated rings. The summed E-state index contributed by atoms with van der Waals surface area (Å²) < 4.78 is 37.9. The number of aromatic nitrogens is 2. The zero-order valence-electron chi connectivity index (χ0n) is 11.5. The molecule has 2 aromatic rings. The van der Waals surface area contributed by atoms with E-state index in [4.69, 9.17) is 0 Å². The number of alkyl halides is 3. The first kappa shape index (κ1) is 15.0.